The van der Waals surface area contributed by atoms with Gasteiger partial charge in [0.25, 0.3) is 5.91 Å². The van der Waals surface area contributed by atoms with Gasteiger partial charge in [0.15, 0.2) is 12.0 Å². The van der Waals surface area contributed by atoms with E-state index in [-0.39, 0.29) is 12.3 Å². The number of halogens is 1. The molecule has 4 heteroatoms. The number of aryl methyl sites for hydroxylation is 1. The number of Topliss-reactive ketones (excluding diaryl/α,β-unsaturated/α-hetero) is 1. The van der Waals surface area contributed by atoms with Crippen molar-refractivity contribution >= 4 is 11.7 Å². The van der Waals surface area contributed by atoms with Gasteiger partial charge in [-0.05, 0) is 19.4 Å². The highest BCUT2D eigenvalue weighted by Gasteiger charge is 2.12. The monoisotopic (exact) mass is 263 g/mol. The number of benzene rings is 1. The van der Waals surface area contributed by atoms with Crippen LogP contribution in [0.4, 0.5) is 4.39 Å². The van der Waals surface area contributed by atoms with Gasteiger partial charge < -0.3 is 5.32 Å². The van der Waals surface area contributed by atoms with E-state index in [1.54, 1.807) is 12.1 Å². The van der Waals surface area contributed by atoms with Crippen molar-refractivity contribution in [1.82, 2.24) is 5.32 Å². The smallest absolute Gasteiger partial charge is 0.258 e. The van der Waals surface area contributed by atoms with E-state index in [9.17, 15) is 14.0 Å². The average molecular weight is 263 g/mol. The van der Waals surface area contributed by atoms with Crippen LogP contribution in [-0.2, 0) is 4.79 Å². The normalized spacial score (nSPS) is 11.7. The minimum atomic E-state index is -1.69. The second-order valence-corrected chi connectivity index (χ2v) is 4.32. The van der Waals surface area contributed by atoms with Gasteiger partial charge in [0.1, 0.15) is 0 Å². The Morgan fingerprint density at radius 1 is 1.37 bits per heavy atom. The van der Waals surface area contributed by atoms with Gasteiger partial charge in [-0.25, -0.2) is 4.39 Å². The summed E-state index contributed by atoms with van der Waals surface area (Å²) in [5.74, 6) is -0.687. The molecule has 0 aliphatic rings. The summed E-state index contributed by atoms with van der Waals surface area (Å²) >= 11 is 0. The SMILES string of the molecule is C=CC(F)C(=O)NCCCC(=O)c1ccc(C)cc1. The maximum absolute atomic E-state index is 12.8. The van der Waals surface area contributed by atoms with Crippen LogP contribution in [0.15, 0.2) is 36.9 Å². The quantitative estimate of drug-likeness (QED) is 0.467. The van der Waals surface area contributed by atoms with Crippen LogP contribution in [0.2, 0.25) is 0 Å². The molecule has 0 radical (unpaired) electrons. The second kappa shape index (κ2) is 7.46. The summed E-state index contributed by atoms with van der Waals surface area (Å²) in [6, 6.07) is 7.33. The van der Waals surface area contributed by atoms with Crippen LogP contribution in [0.3, 0.4) is 0 Å². The molecule has 102 valence electrons. The predicted octanol–water partition coefficient (Wildman–Crippen LogP) is 2.60. The van der Waals surface area contributed by atoms with Crippen LogP contribution in [0.5, 0.6) is 0 Å². The molecule has 0 aliphatic heterocycles. The predicted molar refractivity (Wildman–Crippen MR) is 72.8 cm³/mol. The van der Waals surface area contributed by atoms with E-state index in [0.29, 0.717) is 18.4 Å². The lowest BCUT2D eigenvalue weighted by Crippen LogP contribution is -2.31. The fourth-order valence-corrected chi connectivity index (χ4v) is 1.55. The molecule has 1 rings (SSSR count). The molecule has 0 aromatic heterocycles. The van der Waals surface area contributed by atoms with Crippen LogP contribution in [0.25, 0.3) is 0 Å². The van der Waals surface area contributed by atoms with E-state index >= 15 is 0 Å². The third kappa shape index (κ3) is 5.04. The number of amides is 1. The lowest BCUT2D eigenvalue weighted by atomic mass is 10.1. The molecule has 1 aromatic carbocycles. The van der Waals surface area contributed by atoms with Crippen LogP contribution in [-0.4, -0.2) is 24.4 Å². The minimum absolute atomic E-state index is 0.0229. The molecule has 1 atom stereocenters. The first kappa shape index (κ1) is 15.1. The van der Waals surface area contributed by atoms with Gasteiger partial charge >= 0.3 is 0 Å². The van der Waals surface area contributed by atoms with Crippen molar-refractivity contribution in [2.24, 2.45) is 0 Å². The molecule has 0 aliphatic carbocycles. The third-order valence-corrected chi connectivity index (χ3v) is 2.71. The van der Waals surface area contributed by atoms with Crippen LogP contribution in [0, 0.1) is 6.92 Å². The van der Waals surface area contributed by atoms with Gasteiger partial charge in [0, 0.05) is 18.5 Å². The maximum atomic E-state index is 12.8. The Morgan fingerprint density at radius 3 is 2.58 bits per heavy atom. The molecule has 0 spiro atoms. The van der Waals surface area contributed by atoms with E-state index in [1.807, 2.05) is 19.1 Å². The second-order valence-electron chi connectivity index (χ2n) is 4.32. The molecule has 0 fully saturated rings. The fourth-order valence-electron chi connectivity index (χ4n) is 1.55. The van der Waals surface area contributed by atoms with Gasteiger partial charge in [-0.3, -0.25) is 9.59 Å². The lowest BCUT2D eigenvalue weighted by molar-refractivity contribution is -0.124. The molecule has 1 aromatic rings. The highest BCUT2D eigenvalue weighted by Crippen LogP contribution is 2.07. The first-order valence-corrected chi connectivity index (χ1v) is 6.19. The van der Waals surface area contributed by atoms with E-state index < -0.39 is 12.1 Å². The standard InChI is InChI=1S/C15H18FNO2/c1-3-13(16)15(19)17-10-4-5-14(18)12-8-6-11(2)7-9-12/h3,6-9,13H,1,4-5,10H2,2H3,(H,17,19). The number of hydrogen-bond donors (Lipinski definition) is 1. The molecule has 1 unspecified atom stereocenters. The van der Waals surface area contributed by atoms with Crippen molar-refractivity contribution in [3.63, 3.8) is 0 Å². The molecular weight excluding hydrogens is 245 g/mol. The van der Waals surface area contributed by atoms with Crippen molar-refractivity contribution in [2.75, 3.05) is 6.54 Å². The molecule has 0 saturated heterocycles. The molecular formula is C15H18FNO2. The van der Waals surface area contributed by atoms with E-state index in [4.69, 9.17) is 0 Å². The fraction of sp³-hybridized carbons (Fsp3) is 0.333. The Kier molecular flexibility index (Phi) is 5.93. The summed E-state index contributed by atoms with van der Waals surface area (Å²) in [6.45, 7) is 5.43. The Labute approximate surface area is 112 Å². The summed E-state index contributed by atoms with van der Waals surface area (Å²) in [5, 5.41) is 2.41. The number of ketones is 1. The van der Waals surface area contributed by atoms with Gasteiger partial charge in [-0.1, -0.05) is 36.4 Å². The first-order chi connectivity index (χ1) is 9.04. The number of carbonyl (C=O) groups is 2. The molecule has 0 bridgehead atoms. The number of hydrogen-bond acceptors (Lipinski definition) is 2. The average Bonchev–Trinajstić information content (AvgIpc) is 2.42. The highest BCUT2D eigenvalue weighted by atomic mass is 19.1. The zero-order chi connectivity index (χ0) is 14.3. The summed E-state index contributed by atoms with van der Waals surface area (Å²) in [7, 11) is 0. The van der Waals surface area contributed by atoms with Crippen molar-refractivity contribution in [2.45, 2.75) is 25.9 Å². The Hall–Kier alpha value is -1.97. The maximum Gasteiger partial charge on any atom is 0.258 e. The molecule has 19 heavy (non-hydrogen) atoms. The van der Waals surface area contributed by atoms with Crippen LogP contribution < -0.4 is 5.32 Å². The van der Waals surface area contributed by atoms with Crippen molar-refractivity contribution in [3.8, 4) is 0 Å². The van der Waals surface area contributed by atoms with Gasteiger partial charge in [0.05, 0.1) is 0 Å². The van der Waals surface area contributed by atoms with Crippen LogP contribution in [0.1, 0.15) is 28.8 Å². The molecule has 1 amide bonds. The summed E-state index contributed by atoms with van der Waals surface area (Å²) in [6.07, 6.45) is 0.0662. The summed E-state index contributed by atoms with van der Waals surface area (Å²) in [5.41, 5.74) is 1.76. The molecule has 0 saturated carbocycles. The Morgan fingerprint density at radius 2 is 2.00 bits per heavy atom. The summed E-state index contributed by atoms with van der Waals surface area (Å²) < 4.78 is 12.8. The largest absolute Gasteiger partial charge is 0.353 e. The van der Waals surface area contributed by atoms with E-state index in [1.165, 1.54) is 0 Å². The minimum Gasteiger partial charge on any atom is -0.353 e. The van der Waals surface area contributed by atoms with Gasteiger partial charge in [-0.2, -0.15) is 0 Å². The highest BCUT2D eigenvalue weighted by molar-refractivity contribution is 5.96. The van der Waals surface area contributed by atoms with E-state index in [2.05, 4.69) is 11.9 Å². The topological polar surface area (TPSA) is 46.2 Å². The van der Waals surface area contributed by atoms with Gasteiger partial charge in [0.2, 0.25) is 0 Å². The Bertz CT molecular complexity index is 454. The van der Waals surface area contributed by atoms with Gasteiger partial charge in [-0.15, -0.1) is 0 Å². The zero-order valence-electron chi connectivity index (χ0n) is 11.0. The number of alkyl halides is 1. The number of nitrogens with one attached hydrogen (secondary N) is 1. The molecule has 0 heterocycles. The molecule has 1 N–H and O–H groups in total. The van der Waals surface area contributed by atoms with E-state index in [0.717, 1.165) is 11.6 Å². The first-order valence-electron chi connectivity index (χ1n) is 6.19. The number of carbonyl (C=O) groups excluding carboxylic acids is 2. The van der Waals surface area contributed by atoms with Crippen molar-refractivity contribution in [3.05, 3.63) is 48.0 Å². The van der Waals surface area contributed by atoms with Crippen LogP contribution >= 0.6 is 0 Å². The third-order valence-electron chi connectivity index (χ3n) is 2.71. The Balaban J connectivity index is 2.30. The van der Waals surface area contributed by atoms with Crippen molar-refractivity contribution in [1.29, 1.82) is 0 Å². The number of rotatable bonds is 7. The zero-order valence-corrected chi connectivity index (χ0v) is 11.0. The summed E-state index contributed by atoms with van der Waals surface area (Å²) in [4.78, 5) is 22.9. The molecule has 3 nitrogen and oxygen atoms in total. The lowest BCUT2D eigenvalue weighted by Gasteiger charge is -2.06. The van der Waals surface area contributed by atoms with Crippen molar-refractivity contribution < 1.29 is 14.0 Å².